The molecule has 2 amide bonds. The van der Waals surface area contributed by atoms with Gasteiger partial charge in [-0.15, -0.1) is 0 Å². The Morgan fingerprint density at radius 3 is 2.00 bits per heavy atom. The molecule has 1 fully saturated rings. The summed E-state index contributed by atoms with van der Waals surface area (Å²) in [4.78, 5) is 22.6. The monoisotopic (exact) mass is 293 g/mol. The Labute approximate surface area is 122 Å². The average molecular weight is 293 g/mol. The van der Waals surface area contributed by atoms with Gasteiger partial charge in [0.25, 0.3) is 0 Å². The lowest BCUT2D eigenvalue weighted by molar-refractivity contribution is -0.247. The summed E-state index contributed by atoms with van der Waals surface area (Å²) >= 11 is 0. The SMILES string of the molecule is CC1(C)OCC(Nc2cc(C(N)=O)cc(C(N)=O)c2)CO1. The molecular formula is C14H19N3O4. The highest BCUT2D eigenvalue weighted by Gasteiger charge is 2.28. The van der Waals surface area contributed by atoms with Crippen molar-refractivity contribution in [2.75, 3.05) is 18.5 Å². The molecule has 1 aromatic rings. The lowest BCUT2D eigenvalue weighted by Crippen LogP contribution is -2.45. The quantitative estimate of drug-likeness (QED) is 0.745. The van der Waals surface area contributed by atoms with Crippen LogP contribution in [-0.4, -0.2) is 36.9 Å². The van der Waals surface area contributed by atoms with Crippen LogP contribution in [0.1, 0.15) is 34.6 Å². The van der Waals surface area contributed by atoms with Crippen molar-refractivity contribution in [2.45, 2.75) is 25.7 Å². The van der Waals surface area contributed by atoms with Gasteiger partial charge in [-0.25, -0.2) is 0 Å². The maximum atomic E-state index is 11.3. The van der Waals surface area contributed by atoms with Gasteiger partial charge in [-0.1, -0.05) is 0 Å². The van der Waals surface area contributed by atoms with Crippen LogP contribution >= 0.6 is 0 Å². The minimum absolute atomic E-state index is 0.0955. The first-order chi connectivity index (χ1) is 9.77. The van der Waals surface area contributed by atoms with Crippen molar-refractivity contribution in [3.05, 3.63) is 29.3 Å². The summed E-state index contributed by atoms with van der Waals surface area (Å²) in [6, 6.07) is 4.40. The fourth-order valence-electron chi connectivity index (χ4n) is 2.01. The van der Waals surface area contributed by atoms with Crippen LogP contribution < -0.4 is 16.8 Å². The summed E-state index contributed by atoms with van der Waals surface area (Å²) in [6.07, 6.45) is 0. The first kappa shape index (κ1) is 15.3. The minimum atomic E-state index is -0.626. The van der Waals surface area contributed by atoms with E-state index >= 15 is 0 Å². The van der Waals surface area contributed by atoms with E-state index in [4.69, 9.17) is 20.9 Å². The number of anilines is 1. The Hall–Kier alpha value is -2.12. The number of carbonyl (C=O) groups excluding carboxylic acids is 2. The second-order valence-corrected chi connectivity index (χ2v) is 5.39. The minimum Gasteiger partial charge on any atom is -0.378 e. The zero-order valence-corrected chi connectivity index (χ0v) is 12.0. The fraction of sp³-hybridized carbons (Fsp3) is 0.429. The van der Waals surface area contributed by atoms with Crippen LogP contribution in [0.25, 0.3) is 0 Å². The number of rotatable bonds is 4. The molecule has 1 heterocycles. The summed E-state index contributed by atoms with van der Waals surface area (Å²) in [6.45, 7) is 4.56. The molecule has 7 heteroatoms. The third kappa shape index (κ3) is 3.93. The number of benzene rings is 1. The third-order valence-electron chi connectivity index (χ3n) is 3.14. The number of primary amides is 2. The Morgan fingerprint density at radius 1 is 1.10 bits per heavy atom. The molecule has 114 valence electrons. The van der Waals surface area contributed by atoms with Crippen LogP contribution in [0, 0.1) is 0 Å². The molecule has 2 rings (SSSR count). The Balaban J connectivity index is 2.16. The standard InChI is InChI=1S/C14H19N3O4/c1-14(2)20-6-11(7-21-14)17-10-4-8(12(15)18)3-9(5-10)13(16)19/h3-5,11,17H,6-7H2,1-2H3,(H2,15,18)(H2,16,19). The summed E-state index contributed by atoms with van der Waals surface area (Å²) in [7, 11) is 0. The van der Waals surface area contributed by atoms with Crippen LogP contribution in [0.2, 0.25) is 0 Å². The summed E-state index contributed by atoms with van der Waals surface area (Å²) in [5, 5.41) is 3.14. The number of nitrogens with two attached hydrogens (primary N) is 2. The average Bonchev–Trinajstić information content (AvgIpc) is 2.41. The molecule has 0 atom stereocenters. The first-order valence-electron chi connectivity index (χ1n) is 6.56. The van der Waals surface area contributed by atoms with Crippen molar-refractivity contribution in [3.63, 3.8) is 0 Å². The molecule has 1 aliphatic heterocycles. The maximum absolute atomic E-state index is 11.3. The van der Waals surface area contributed by atoms with Gasteiger partial charge >= 0.3 is 0 Å². The largest absolute Gasteiger partial charge is 0.378 e. The Kier molecular flexibility index (Phi) is 4.15. The number of hydrogen-bond acceptors (Lipinski definition) is 5. The number of nitrogens with one attached hydrogen (secondary N) is 1. The zero-order chi connectivity index (χ0) is 15.6. The topological polar surface area (TPSA) is 117 Å². The van der Waals surface area contributed by atoms with Gasteiger partial charge in [0.1, 0.15) is 0 Å². The van der Waals surface area contributed by atoms with Gasteiger partial charge in [0.05, 0.1) is 19.3 Å². The number of hydrogen-bond donors (Lipinski definition) is 3. The Bertz CT molecular complexity index is 529. The molecule has 5 N–H and O–H groups in total. The lowest BCUT2D eigenvalue weighted by atomic mass is 10.1. The highest BCUT2D eigenvalue weighted by Crippen LogP contribution is 2.21. The molecule has 0 aromatic heterocycles. The van der Waals surface area contributed by atoms with E-state index in [2.05, 4.69) is 5.32 Å². The lowest BCUT2D eigenvalue weighted by Gasteiger charge is -2.35. The first-order valence-corrected chi connectivity index (χ1v) is 6.56. The number of carbonyl (C=O) groups is 2. The molecule has 0 bridgehead atoms. The summed E-state index contributed by atoms with van der Waals surface area (Å²) < 4.78 is 11.1. The molecule has 0 aliphatic carbocycles. The zero-order valence-electron chi connectivity index (χ0n) is 12.0. The van der Waals surface area contributed by atoms with E-state index < -0.39 is 17.6 Å². The number of amides is 2. The van der Waals surface area contributed by atoms with E-state index in [1.54, 1.807) is 12.1 Å². The highest BCUT2D eigenvalue weighted by molar-refractivity contribution is 5.99. The van der Waals surface area contributed by atoms with Crippen LogP contribution in [0.3, 0.4) is 0 Å². The van der Waals surface area contributed by atoms with Crippen molar-refractivity contribution < 1.29 is 19.1 Å². The smallest absolute Gasteiger partial charge is 0.248 e. The van der Waals surface area contributed by atoms with E-state index in [1.165, 1.54) is 6.07 Å². The number of ether oxygens (including phenoxy) is 2. The molecule has 0 saturated carbocycles. The predicted octanol–water partition coefficient (Wildman–Crippen LogP) is 0.448. The van der Waals surface area contributed by atoms with Gasteiger partial charge in [-0.3, -0.25) is 9.59 Å². The molecule has 0 unspecified atom stereocenters. The Morgan fingerprint density at radius 2 is 1.57 bits per heavy atom. The van der Waals surface area contributed by atoms with Crippen molar-refractivity contribution in [1.82, 2.24) is 0 Å². The van der Waals surface area contributed by atoms with Gasteiger partial charge in [0.2, 0.25) is 11.8 Å². The molecule has 21 heavy (non-hydrogen) atoms. The highest BCUT2D eigenvalue weighted by atomic mass is 16.7. The van der Waals surface area contributed by atoms with E-state index in [0.717, 1.165) is 0 Å². The van der Waals surface area contributed by atoms with Gasteiger partial charge in [-0.05, 0) is 32.0 Å². The molecule has 7 nitrogen and oxygen atoms in total. The van der Waals surface area contributed by atoms with E-state index in [-0.39, 0.29) is 17.2 Å². The van der Waals surface area contributed by atoms with Gasteiger partial charge in [0.15, 0.2) is 5.79 Å². The maximum Gasteiger partial charge on any atom is 0.248 e. The van der Waals surface area contributed by atoms with Gasteiger partial charge in [0, 0.05) is 16.8 Å². The van der Waals surface area contributed by atoms with Crippen LogP contribution in [0.4, 0.5) is 5.69 Å². The van der Waals surface area contributed by atoms with E-state index in [1.807, 2.05) is 13.8 Å². The van der Waals surface area contributed by atoms with E-state index in [9.17, 15) is 9.59 Å². The molecular weight excluding hydrogens is 274 g/mol. The molecule has 0 spiro atoms. The summed E-state index contributed by atoms with van der Waals surface area (Å²) in [5.74, 6) is -1.86. The summed E-state index contributed by atoms with van der Waals surface area (Å²) in [5.41, 5.74) is 11.5. The normalized spacial score (nSPS) is 18.2. The third-order valence-corrected chi connectivity index (χ3v) is 3.14. The molecule has 1 aromatic carbocycles. The van der Waals surface area contributed by atoms with Crippen LogP contribution in [-0.2, 0) is 9.47 Å². The van der Waals surface area contributed by atoms with E-state index in [0.29, 0.717) is 18.9 Å². The molecule has 1 aliphatic rings. The second kappa shape index (κ2) is 5.71. The van der Waals surface area contributed by atoms with Crippen LogP contribution in [0.15, 0.2) is 18.2 Å². The molecule has 1 saturated heterocycles. The second-order valence-electron chi connectivity index (χ2n) is 5.39. The fourth-order valence-corrected chi connectivity index (χ4v) is 2.01. The molecule has 0 radical (unpaired) electrons. The van der Waals surface area contributed by atoms with Gasteiger partial charge < -0.3 is 26.3 Å². The van der Waals surface area contributed by atoms with Crippen molar-refractivity contribution in [1.29, 1.82) is 0 Å². The van der Waals surface area contributed by atoms with Crippen molar-refractivity contribution >= 4 is 17.5 Å². The van der Waals surface area contributed by atoms with Crippen molar-refractivity contribution in [3.8, 4) is 0 Å². The van der Waals surface area contributed by atoms with Gasteiger partial charge in [-0.2, -0.15) is 0 Å². The van der Waals surface area contributed by atoms with Crippen molar-refractivity contribution in [2.24, 2.45) is 11.5 Å². The predicted molar refractivity (Wildman–Crippen MR) is 76.9 cm³/mol. The van der Waals surface area contributed by atoms with Crippen LogP contribution in [0.5, 0.6) is 0 Å².